The van der Waals surface area contributed by atoms with Crippen LogP contribution in [0.2, 0.25) is 0 Å². The van der Waals surface area contributed by atoms with E-state index in [9.17, 15) is 5.11 Å². The summed E-state index contributed by atoms with van der Waals surface area (Å²) in [5, 5.41) is 13.4. The second-order valence-corrected chi connectivity index (χ2v) is 5.37. The van der Waals surface area contributed by atoms with E-state index in [0.29, 0.717) is 6.04 Å². The first-order valence-corrected chi connectivity index (χ1v) is 6.78. The summed E-state index contributed by atoms with van der Waals surface area (Å²) in [5.74, 6) is 0.882. The molecule has 2 aliphatic rings. The molecule has 0 aliphatic heterocycles. The summed E-state index contributed by atoms with van der Waals surface area (Å²) in [7, 11) is 0. The van der Waals surface area contributed by atoms with Gasteiger partial charge in [-0.1, -0.05) is 32.1 Å². The SMILES string of the molecule is O[C@H]1CCCC[C@@H]1NCC1CCCCC1. The second-order valence-electron chi connectivity index (χ2n) is 5.37. The van der Waals surface area contributed by atoms with Gasteiger partial charge in [-0.15, -0.1) is 0 Å². The largest absolute Gasteiger partial charge is 0.392 e. The van der Waals surface area contributed by atoms with Gasteiger partial charge in [-0.05, 0) is 38.1 Å². The van der Waals surface area contributed by atoms with E-state index in [-0.39, 0.29) is 6.10 Å². The third-order valence-corrected chi connectivity index (χ3v) is 4.12. The first-order valence-electron chi connectivity index (χ1n) is 6.78. The molecule has 2 saturated carbocycles. The number of hydrogen-bond acceptors (Lipinski definition) is 2. The van der Waals surface area contributed by atoms with E-state index in [4.69, 9.17) is 0 Å². The number of aliphatic hydroxyl groups is 1. The lowest BCUT2D eigenvalue weighted by Gasteiger charge is -2.31. The number of rotatable bonds is 3. The summed E-state index contributed by atoms with van der Waals surface area (Å²) < 4.78 is 0. The minimum absolute atomic E-state index is 0.0812. The topological polar surface area (TPSA) is 32.3 Å². The van der Waals surface area contributed by atoms with Crippen LogP contribution in [0.25, 0.3) is 0 Å². The van der Waals surface area contributed by atoms with Crippen molar-refractivity contribution in [2.75, 3.05) is 6.54 Å². The highest BCUT2D eigenvalue weighted by molar-refractivity contribution is 4.81. The highest BCUT2D eigenvalue weighted by Gasteiger charge is 2.23. The predicted molar refractivity (Wildman–Crippen MR) is 62.8 cm³/mol. The summed E-state index contributed by atoms with van der Waals surface area (Å²) in [5.41, 5.74) is 0. The molecule has 2 atom stereocenters. The molecular formula is C13H25NO. The Hall–Kier alpha value is -0.0800. The van der Waals surface area contributed by atoms with Crippen molar-refractivity contribution in [3.8, 4) is 0 Å². The van der Waals surface area contributed by atoms with E-state index in [1.54, 1.807) is 0 Å². The minimum Gasteiger partial charge on any atom is -0.392 e. The summed E-state index contributed by atoms with van der Waals surface area (Å²) in [6.07, 6.45) is 11.7. The predicted octanol–water partition coefficient (Wildman–Crippen LogP) is 2.46. The lowest BCUT2D eigenvalue weighted by atomic mass is 9.88. The second kappa shape index (κ2) is 5.86. The van der Waals surface area contributed by atoms with Crippen LogP contribution in [-0.2, 0) is 0 Å². The lowest BCUT2D eigenvalue weighted by molar-refractivity contribution is 0.0876. The Morgan fingerprint density at radius 3 is 2.27 bits per heavy atom. The van der Waals surface area contributed by atoms with Gasteiger partial charge in [0, 0.05) is 6.04 Å². The summed E-state index contributed by atoms with van der Waals surface area (Å²) in [4.78, 5) is 0. The monoisotopic (exact) mass is 211 g/mol. The van der Waals surface area contributed by atoms with Crippen molar-refractivity contribution in [1.29, 1.82) is 0 Å². The normalized spacial score (nSPS) is 34.2. The zero-order chi connectivity index (χ0) is 10.5. The van der Waals surface area contributed by atoms with Gasteiger partial charge in [0.1, 0.15) is 0 Å². The van der Waals surface area contributed by atoms with Crippen molar-refractivity contribution in [2.24, 2.45) is 5.92 Å². The molecule has 2 nitrogen and oxygen atoms in total. The third kappa shape index (κ3) is 3.46. The summed E-state index contributed by atoms with van der Waals surface area (Å²) in [6.45, 7) is 1.14. The third-order valence-electron chi connectivity index (χ3n) is 4.12. The quantitative estimate of drug-likeness (QED) is 0.751. The average Bonchev–Trinajstić information content (AvgIpc) is 2.29. The molecule has 2 rings (SSSR count). The molecular weight excluding hydrogens is 186 g/mol. The number of aliphatic hydroxyl groups excluding tert-OH is 1. The Kier molecular flexibility index (Phi) is 4.45. The van der Waals surface area contributed by atoms with Crippen LogP contribution < -0.4 is 5.32 Å². The highest BCUT2D eigenvalue weighted by Crippen LogP contribution is 2.24. The van der Waals surface area contributed by atoms with Crippen molar-refractivity contribution in [2.45, 2.75) is 69.9 Å². The molecule has 2 N–H and O–H groups in total. The van der Waals surface area contributed by atoms with Crippen molar-refractivity contribution in [3.05, 3.63) is 0 Å². The molecule has 2 heteroatoms. The fourth-order valence-corrected chi connectivity index (χ4v) is 3.06. The molecule has 0 saturated heterocycles. The van der Waals surface area contributed by atoms with Crippen LogP contribution in [0.5, 0.6) is 0 Å². The van der Waals surface area contributed by atoms with Crippen LogP contribution in [0, 0.1) is 5.92 Å². The fourth-order valence-electron chi connectivity index (χ4n) is 3.06. The molecule has 15 heavy (non-hydrogen) atoms. The molecule has 0 spiro atoms. The van der Waals surface area contributed by atoms with Crippen LogP contribution in [0.4, 0.5) is 0 Å². The van der Waals surface area contributed by atoms with Crippen LogP contribution in [0.3, 0.4) is 0 Å². The maximum absolute atomic E-state index is 9.84. The molecule has 0 bridgehead atoms. The van der Waals surface area contributed by atoms with E-state index in [0.717, 1.165) is 18.9 Å². The Morgan fingerprint density at radius 2 is 1.53 bits per heavy atom. The number of nitrogens with one attached hydrogen (secondary N) is 1. The zero-order valence-corrected chi connectivity index (χ0v) is 9.75. The van der Waals surface area contributed by atoms with Crippen LogP contribution >= 0.6 is 0 Å². The van der Waals surface area contributed by atoms with Crippen molar-refractivity contribution in [1.82, 2.24) is 5.32 Å². The maximum atomic E-state index is 9.84. The van der Waals surface area contributed by atoms with Gasteiger partial charge in [-0.25, -0.2) is 0 Å². The van der Waals surface area contributed by atoms with Gasteiger partial charge in [0.2, 0.25) is 0 Å². The van der Waals surface area contributed by atoms with Gasteiger partial charge in [0.15, 0.2) is 0 Å². The zero-order valence-electron chi connectivity index (χ0n) is 9.75. The van der Waals surface area contributed by atoms with Gasteiger partial charge < -0.3 is 10.4 Å². The molecule has 0 aromatic heterocycles. The van der Waals surface area contributed by atoms with Crippen LogP contribution in [0.15, 0.2) is 0 Å². The van der Waals surface area contributed by atoms with Crippen molar-refractivity contribution in [3.63, 3.8) is 0 Å². The van der Waals surface area contributed by atoms with E-state index in [2.05, 4.69) is 5.32 Å². The molecule has 0 aromatic rings. The Labute approximate surface area is 93.5 Å². The highest BCUT2D eigenvalue weighted by atomic mass is 16.3. The minimum atomic E-state index is -0.0812. The molecule has 2 fully saturated rings. The van der Waals surface area contributed by atoms with Crippen molar-refractivity contribution >= 4 is 0 Å². The number of hydrogen-bond donors (Lipinski definition) is 2. The molecule has 0 aromatic carbocycles. The lowest BCUT2D eigenvalue weighted by Crippen LogP contribution is -2.44. The maximum Gasteiger partial charge on any atom is 0.0693 e. The average molecular weight is 211 g/mol. The van der Waals surface area contributed by atoms with E-state index in [1.807, 2.05) is 0 Å². The van der Waals surface area contributed by atoms with Gasteiger partial charge >= 0.3 is 0 Å². The Bertz CT molecular complexity index is 177. The molecule has 0 unspecified atom stereocenters. The van der Waals surface area contributed by atoms with E-state index >= 15 is 0 Å². The van der Waals surface area contributed by atoms with Gasteiger partial charge in [-0.3, -0.25) is 0 Å². The first kappa shape index (κ1) is 11.4. The fraction of sp³-hybridized carbons (Fsp3) is 1.00. The Morgan fingerprint density at radius 1 is 0.867 bits per heavy atom. The molecule has 88 valence electrons. The van der Waals surface area contributed by atoms with Gasteiger partial charge in [0.25, 0.3) is 0 Å². The summed E-state index contributed by atoms with van der Waals surface area (Å²) in [6, 6.07) is 0.390. The van der Waals surface area contributed by atoms with E-state index in [1.165, 1.54) is 51.4 Å². The first-order chi connectivity index (χ1) is 7.36. The standard InChI is InChI=1S/C13H25NO/c15-13-9-5-4-8-12(13)14-10-11-6-2-1-3-7-11/h11-15H,1-10H2/t12-,13-/m0/s1. The Balaban J connectivity index is 1.67. The molecule has 0 radical (unpaired) electrons. The molecule has 0 heterocycles. The van der Waals surface area contributed by atoms with Crippen LogP contribution in [0.1, 0.15) is 57.8 Å². The van der Waals surface area contributed by atoms with Crippen molar-refractivity contribution < 1.29 is 5.11 Å². The van der Waals surface area contributed by atoms with Gasteiger partial charge in [-0.2, -0.15) is 0 Å². The smallest absolute Gasteiger partial charge is 0.0693 e. The van der Waals surface area contributed by atoms with E-state index < -0.39 is 0 Å². The summed E-state index contributed by atoms with van der Waals surface area (Å²) >= 11 is 0. The molecule has 0 amide bonds. The van der Waals surface area contributed by atoms with Gasteiger partial charge in [0.05, 0.1) is 6.10 Å². The van der Waals surface area contributed by atoms with Crippen LogP contribution in [-0.4, -0.2) is 23.8 Å². The molecule has 2 aliphatic carbocycles.